The molecule has 8 aromatic rings. The van der Waals surface area contributed by atoms with Crippen molar-refractivity contribution in [3.05, 3.63) is 148 Å². The Morgan fingerprint density at radius 1 is 0.767 bits per heavy atom. The standard InChI is InChI=1S/C29H29ClN4O4.C25H21F3N4O3/c1-17-7-4-5-8-21(17)22-12-11-18(13-20(22)16-36-2)28-33-26(34-38-28)19-14-24(30)27(31-15-19)32-25-10-6-9-23(25)29(35)37-3;1-15-11-16(8-10-19(15)20-5-3-4-6-21(20)25(26,27)28)24-30-23(31-35-24)17-7-9-18(29-12-17)13-32(2)14-22(33)34/h4-5,7-8,11-15,23,25H,6,9-10,16H2,1-3H3,(H,31,32);3-12H,13-14H2,1-2H3,(H,33,34). The molecule has 1 aliphatic rings. The van der Waals surface area contributed by atoms with Crippen molar-refractivity contribution in [3.63, 3.8) is 0 Å². The third-order valence-corrected chi connectivity index (χ3v) is 12.6. The van der Waals surface area contributed by atoms with Crippen LogP contribution in [0, 0.1) is 19.8 Å². The van der Waals surface area contributed by atoms with Gasteiger partial charge in [0.15, 0.2) is 0 Å². The van der Waals surface area contributed by atoms with Crippen molar-refractivity contribution in [1.82, 2.24) is 35.1 Å². The molecular formula is C54H50ClF3N8O7. The second kappa shape index (κ2) is 22.7. The first-order valence-electron chi connectivity index (χ1n) is 23.1. The van der Waals surface area contributed by atoms with Crippen molar-refractivity contribution < 1.29 is 46.4 Å². The smallest absolute Gasteiger partial charge is 0.417 e. The molecule has 0 amide bonds. The molecule has 2 atom stereocenters. The molecule has 2 N–H and O–H groups in total. The highest BCUT2D eigenvalue weighted by molar-refractivity contribution is 6.33. The minimum absolute atomic E-state index is 0.0704. The number of likely N-dealkylation sites (N-methyl/N-ethyl adjacent to an activating group) is 1. The Labute approximate surface area is 423 Å². The van der Waals surface area contributed by atoms with Crippen molar-refractivity contribution in [2.45, 2.75) is 58.5 Å². The number of carboxylic acids is 1. The zero-order valence-corrected chi connectivity index (χ0v) is 41.2. The van der Waals surface area contributed by atoms with Crippen LogP contribution in [0.3, 0.4) is 0 Å². The lowest BCUT2D eigenvalue weighted by Crippen LogP contribution is -2.31. The van der Waals surface area contributed by atoms with Gasteiger partial charge < -0.3 is 28.9 Å². The predicted octanol–water partition coefficient (Wildman–Crippen LogP) is 11.6. The van der Waals surface area contributed by atoms with Gasteiger partial charge in [-0.1, -0.05) is 82.9 Å². The van der Waals surface area contributed by atoms with Crippen molar-refractivity contribution in [3.8, 4) is 67.9 Å². The van der Waals surface area contributed by atoms with Crippen molar-refractivity contribution in [1.29, 1.82) is 0 Å². The number of carboxylic acid groups (broad SMARTS) is 1. The molecule has 19 heteroatoms. The molecule has 4 aromatic carbocycles. The summed E-state index contributed by atoms with van der Waals surface area (Å²) in [6.45, 7) is 4.54. The second-order valence-corrected chi connectivity index (χ2v) is 17.9. The van der Waals surface area contributed by atoms with Crippen LogP contribution in [0.4, 0.5) is 19.0 Å². The fourth-order valence-corrected chi connectivity index (χ4v) is 8.96. The van der Waals surface area contributed by atoms with Crippen LogP contribution in [-0.2, 0) is 38.4 Å². The average molecular weight is 1020 g/mol. The summed E-state index contributed by atoms with van der Waals surface area (Å²) in [4.78, 5) is 42.3. The number of esters is 1. The van der Waals surface area contributed by atoms with Gasteiger partial charge in [0, 0.05) is 54.3 Å². The number of hydrogen-bond acceptors (Lipinski definition) is 14. The number of aryl methyl sites for hydroxylation is 2. The van der Waals surface area contributed by atoms with Crippen LogP contribution in [0.15, 0.2) is 125 Å². The van der Waals surface area contributed by atoms with E-state index >= 15 is 0 Å². The fraction of sp³-hybridized carbons (Fsp3) is 0.259. The topological polar surface area (TPSA) is 192 Å². The predicted molar refractivity (Wildman–Crippen MR) is 268 cm³/mol. The Hall–Kier alpha value is -7.80. The minimum atomic E-state index is -4.46. The maximum absolute atomic E-state index is 13.4. The molecule has 1 fully saturated rings. The molecule has 2 unspecified atom stereocenters. The number of aliphatic carboxylic acids is 1. The van der Waals surface area contributed by atoms with Gasteiger partial charge in [-0.3, -0.25) is 19.5 Å². The number of carbonyl (C=O) groups is 2. The monoisotopic (exact) mass is 1010 g/mol. The highest BCUT2D eigenvalue weighted by atomic mass is 35.5. The van der Waals surface area contributed by atoms with Crippen LogP contribution < -0.4 is 5.32 Å². The maximum atomic E-state index is 13.4. The molecule has 4 heterocycles. The molecule has 0 saturated heterocycles. The van der Waals surface area contributed by atoms with E-state index in [0.717, 1.165) is 47.6 Å². The van der Waals surface area contributed by atoms with E-state index in [1.165, 1.54) is 24.8 Å². The van der Waals surface area contributed by atoms with Gasteiger partial charge in [-0.2, -0.15) is 23.1 Å². The van der Waals surface area contributed by atoms with Gasteiger partial charge in [0.25, 0.3) is 11.8 Å². The summed E-state index contributed by atoms with van der Waals surface area (Å²) >= 11 is 6.55. The van der Waals surface area contributed by atoms with Gasteiger partial charge in [0.2, 0.25) is 11.6 Å². The quantitative estimate of drug-likeness (QED) is 0.0921. The number of carbonyl (C=O) groups excluding carboxylic acids is 1. The van der Waals surface area contributed by atoms with Gasteiger partial charge in [0.05, 0.1) is 42.5 Å². The number of anilines is 1. The van der Waals surface area contributed by atoms with Gasteiger partial charge in [0.1, 0.15) is 5.82 Å². The number of methoxy groups -OCH3 is 2. The number of ether oxygens (including phenoxy) is 2. The summed E-state index contributed by atoms with van der Waals surface area (Å²) in [5.41, 5.74) is 8.27. The number of pyridine rings is 2. The largest absolute Gasteiger partial charge is 0.480 e. The number of aromatic nitrogens is 6. The van der Waals surface area contributed by atoms with Crippen molar-refractivity contribution >= 4 is 29.4 Å². The first-order valence-corrected chi connectivity index (χ1v) is 23.5. The molecule has 0 radical (unpaired) electrons. The van der Waals surface area contributed by atoms with Gasteiger partial charge in [-0.05, 0) is 121 Å². The second-order valence-electron chi connectivity index (χ2n) is 17.5. The maximum Gasteiger partial charge on any atom is 0.417 e. The summed E-state index contributed by atoms with van der Waals surface area (Å²) in [5, 5.41) is 20.7. The Kier molecular flexibility index (Phi) is 16.1. The van der Waals surface area contributed by atoms with Crippen LogP contribution in [-0.4, -0.2) is 86.0 Å². The summed E-state index contributed by atoms with van der Waals surface area (Å²) < 4.78 is 61.7. The Balaban J connectivity index is 0.000000196. The van der Waals surface area contributed by atoms with Crippen LogP contribution in [0.1, 0.15) is 47.2 Å². The summed E-state index contributed by atoms with van der Waals surface area (Å²) in [7, 11) is 4.77. The summed E-state index contributed by atoms with van der Waals surface area (Å²) in [5.74, 6) is 0.466. The molecule has 9 rings (SSSR count). The van der Waals surface area contributed by atoms with E-state index in [4.69, 9.17) is 35.2 Å². The van der Waals surface area contributed by atoms with Gasteiger partial charge in [-0.25, -0.2) is 4.98 Å². The molecule has 376 valence electrons. The van der Waals surface area contributed by atoms with E-state index in [9.17, 15) is 22.8 Å². The number of rotatable bonds is 15. The normalized spacial score (nSPS) is 14.4. The van der Waals surface area contributed by atoms with Crippen LogP contribution >= 0.6 is 11.6 Å². The van der Waals surface area contributed by atoms with Crippen LogP contribution in [0.25, 0.3) is 67.9 Å². The fourth-order valence-electron chi connectivity index (χ4n) is 8.74. The lowest BCUT2D eigenvalue weighted by atomic mass is 9.94. The van der Waals surface area contributed by atoms with Crippen LogP contribution in [0.5, 0.6) is 0 Å². The first-order chi connectivity index (χ1) is 35.1. The average Bonchev–Trinajstić information content (AvgIpc) is 4.18. The van der Waals surface area contributed by atoms with E-state index in [2.05, 4.69) is 60.7 Å². The molecule has 0 aliphatic heterocycles. The molecule has 15 nitrogen and oxygen atoms in total. The summed E-state index contributed by atoms with van der Waals surface area (Å²) in [6.07, 6.45) is 1.32. The zero-order chi connectivity index (χ0) is 51.8. The lowest BCUT2D eigenvalue weighted by Gasteiger charge is -2.20. The molecule has 1 saturated carbocycles. The van der Waals surface area contributed by atoms with Crippen molar-refractivity contribution in [2.75, 3.05) is 33.1 Å². The number of nitrogens with zero attached hydrogens (tertiary/aromatic N) is 7. The number of benzene rings is 4. The Morgan fingerprint density at radius 2 is 1.40 bits per heavy atom. The Morgan fingerprint density at radius 3 is 2.03 bits per heavy atom. The molecule has 0 bridgehead atoms. The van der Waals surface area contributed by atoms with E-state index in [0.29, 0.717) is 75.0 Å². The van der Waals surface area contributed by atoms with E-state index in [-0.39, 0.29) is 35.9 Å². The number of hydrogen-bond donors (Lipinski definition) is 2. The SMILES string of the molecule is COCc1cc(-c2nc(-c3cnc(NC4CCCC4C(=O)OC)c(Cl)c3)no2)ccc1-c1ccccc1C.Cc1cc(-c2nc(-c3ccc(CN(C)CC(=O)O)nc3)no2)ccc1-c1ccccc1C(F)(F)F. The number of alkyl halides is 3. The van der Waals surface area contributed by atoms with Gasteiger partial charge >= 0.3 is 18.1 Å². The molecular weight excluding hydrogens is 965 g/mol. The molecule has 73 heavy (non-hydrogen) atoms. The van der Waals surface area contributed by atoms with E-state index < -0.39 is 17.7 Å². The molecule has 1 aliphatic carbocycles. The summed E-state index contributed by atoms with van der Waals surface area (Å²) in [6, 6.07) is 29.9. The van der Waals surface area contributed by atoms with E-state index in [1.807, 2.05) is 24.3 Å². The van der Waals surface area contributed by atoms with Crippen molar-refractivity contribution in [2.24, 2.45) is 5.92 Å². The van der Waals surface area contributed by atoms with Crippen LogP contribution in [0.2, 0.25) is 5.02 Å². The van der Waals surface area contributed by atoms with E-state index in [1.54, 1.807) is 80.8 Å². The highest BCUT2D eigenvalue weighted by Crippen LogP contribution is 2.39. The minimum Gasteiger partial charge on any atom is -0.480 e. The third kappa shape index (κ3) is 12.3. The van der Waals surface area contributed by atoms with Gasteiger partial charge in [-0.15, -0.1) is 0 Å². The lowest BCUT2D eigenvalue weighted by molar-refractivity contribution is -0.145. The highest BCUT2D eigenvalue weighted by Gasteiger charge is 2.35. The Bertz CT molecular complexity index is 3240. The first kappa shape index (κ1) is 51.6. The molecule has 4 aromatic heterocycles. The third-order valence-electron chi connectivity index (χ3n) is 12.3. The zero-order valence-electron chi connectivity index (χ0n) is 40.4. The molecule has 0 spiro atoms. The number of halogens is 4. The number of nitrogens with one attached hydrogen (secondary N) is 1.